The molecule has 0 radical (unpaired) electrons. The van der Waals surface area contributed by atoms with Gasteiger partial charge in [0.1, 0.15) is 0 Å². The van der Waals surface area contributed by atoms with Gasteiger partial charge in [0, 0.05) is 0 Å². The third kappa shape index (κ3) is 0.627. The molecule has 0 nitrogen and oxygen atoms in total. The van der Waals surface area contributed by atoms with Crippen LogP contribution in [0.4, 0.5) is 0 Å². The van der Waals surface area contributed by atoms with Crippen LogP contribution in [0.5, 0.6) is 0 Å². The lowest BCUT2D eigenvalue weighted by molar-refractivity contribution is 0.197. The van der Waals surface area contributed by atoms with Crippen LogP contribution in [-0.4, -0.2) is 0 Å². The minimum absolute atomic E-state index is 0.743. The first-order valence-electron chi connectivity index (χ1n) is 4.72. The van der Waals surface area contributed by atoms with Crippen LogP contribution in [0.15, 0.2) is 0 Å². The van der Waals surface area contributed by atoms with Gasteiger partial charge in [-0.25, -0.2) is 0 Å². The van der Waals surface area contributed by atoms with E-state index in [0.717, 1.165) is 10.8 Å². The van der Waals surface area contributed by atoms with E-state index in [1.54, 1.807) is 0 Å². The fourth-order valence-corrected chi connectivity index (χ4v) is 2.94. The Kier molecular flexibility index (Phi) is 1.19. The largest absolute Gasteiger partial charge is 0.0648 e. The Morgan fingerprint density at radius 1 is 1.10 bits per heavy atom. The van der Waals surface area contributed by atoms with Crippen molar-refractivity contribution in [2.24, 2.45) is 10.8 Å². The Bertz CT molecular complexity index is 144. The summed E-state index contributed by atoms with van der Waals surface area (Å²) in [5.41, 5.74) is 1.59. The van der Waals surface area contributed by atoms with Crippen LogP contribution in [-0.2, 0) is 0 Å². The molecule has 0 amide bonds. The molecule has 0 aromatic heterocycles. The maximum absolute atomic E-state index is 2.51. The van der Waals surface area contributed by atoms with Gasteiger partial charge in [0.25, 0.3) is 0 Å². The third-order valence-electron chi connectivity index (χ3n) is 4.30. The highest BCUT2D eigenvalue weighted by Crippen LogP contribution is 2.68. The van der Waals surface area contributed by atoms with E-state index in [-0.39, 0.29) is 0 Å². The van der Waals surface area contributed by atoms with Gasteiger partial charge in [-0.3, -0.25) is 0 Å². The third-order valence-corrected chi connectivity index (χ3v) is 4.30. The van der Waals surface area contributed by atoms with Crippen molar-refractivity contribution in [1.82, 2.24) is 0 Å². The van der Waals surface area contributed by atoms with Crippen LogP contribution < -0.4 is 0 Å². The fraction of sp³-hybridized carbons (Fsp3) is 1.00. The summed E-state index contributed by atoms with van der Waals surface area (Å²) in [6.07, 6.45) is 9.03. The zero-order valence-electron chi connectivity index (χ0n) is 7.24. The van der Waals surface area contributed by atoms with E-state index in [9.17, 15) is 0 Å². The summed E-state index contributed by atoms with van der Waals surface area (Å²) in [6.45, 7) is 4.87. The van der Waals surface area contributed by atoms with Crippen LogP contribution in [0.3, 0.4) is 0 Å². The SMILES string of the molecule is CCC1(C)CCCC12CC2. The maximum atomic E-state index is 2.51. The van der Waals surface area contributed by atoms with Gasteiger partial charge in [-0.2, -0.15) is 0 Å². The quantitative estimate of drug-likeness (QED) is 0.521. The molecule has 1 atom stereocenters. The molecule has 0 saturated heterocycles. The van der Waals surface area contributed by atoms with Crippen molar-refractivity contribution < 1.29 is 0 Å². The molecule has 0 heterocycles. The predicted octanol–water partition coefficient (Wildman–Crippen LogP) is 3.37. The smallest absolute Gasteiger partial charge is 0.0243 e. The van der Waals surface area contributed by atoms with Crippen molar-refractivity contribution in [3.8, 4) is 0 Å². The van der Waals surface area contributed by atoms with E-state index in [1.807, 2.05) is 0 Å². The number of rotatable bonds is 1. The van der Waals surface area contributed by atoms with Gasteiger partial charge in [0.2, 0.25) is 0 Å². The standard InChI is InChI=1S/C10H18/c1-3-9(2)5-4-6-10(9)7-8-10/h3-8H2,1-2H3. The highest BCUT2D eigenvalue weighted by atomic mass is 14.6. The minimum atomic E-state index is 0.743. The van der Waals surface area contributed by atoms with Crippen molar-refractivity contribution in [2.45, 2.75) is 52.4 Å². The summed E-state index contributed by atoms with van der Waals surface area (Å²) >= 11 is 0. The van der Waals surface area contributed by atoms with E-state index < -0.39 is 0 Å². The van der Waals surface area contributed by atoms with E-state index in [2.05, 4.69) is 13.8 Å². The summed E-state index contributed by atoms with van der Waals surface area (Å²) in [4.78, 5) is 0. The molecular weight excluding hydrogens is 120 g/mol. The molecule has 2 fully saturated rings. The van der Waals surface area contributed by atoms with Crippen molar-refractivity contribution in [1.29, 1.82) is 0 Å². The Hall–Kier alpha value is 0. The van der Waals surface area contributed by atoms with E-state index in [4.69, 9.17) is 0 Å². The molecule has 58 valence electrons. The van der Waals surface area contributed by atoms with Crippen molar-refractivity contribution in [3.05, 3.63) is 0 Å². The molecular formula is C10H18. The topological polar surface area (TPSA) is 0 Å². The molecule has 2 rings (SSSR count). The zero-order valence-corrected chi connectivity index (χ0v) is 7.24. The first-order valence-corrected chi connectivity index (χ1v) is 4.72. The average Bonchev–Trinajstić information content (AvgIpc) is 2.61. The van der Waals surface area contributed by atoms with E-state index >= 15 is 0 Å². The van der Waals surface area contributed by atoms with E-state index in [0.29, 0.717) is 0 Å². The summed E-state index contributed by atoms with van der Waals surface area (Å²) in [5.74, 6) is 0. The van der Waals surface area contributed by atoms with Crippen LogP contribution in [0.1, 0.15) is 52.4 Å². The van der Waals surface area contributed by atoms with Gasteiger partial charge in [0.05, 0.1) is 0 Å². The van der Waals surface area contributed by atoms with Gasteiger partial charge in [-0.1, -0.05) is 26.7 Å². The average molecular weight is 138 g/mol. The molecule has 2 saturated carbocycles. The van der Waals surface area contributed by atoms with Gasteiger partial charge in [-0.05, 0) is 36.5 Å². The van der Waals surface area contributed by atoms with Crippen molar-refractivity contribution in [3.63, 3.8) is 0 Å². The lowest BCUT2D eigenvalue weighted by atomic mass is 9.75. The molecule has 0 aromatic rings. The molecule has 0 aliphatic heterocycles. The first-order chi connectivity index (χ1) is 4.72. The lowest BCUT2D eigenvalue weighted by Gasteiger charge is -2.30. The predicted molar refractivity (Wildman–Crippen MR) is 43.9 cm³/mol. The summed E-state index contributed by atoms with van der Waals surface area (Å²) < 4.78 is 0. The van der Waals surface area contributed by atoms with Crippen molar-refractivity contribution >= 4 is 0 Å². The Balaban J connectivity index is 2.20. The molecule has 2 aliphatic rings. The Morgan fingerprint density at radius 3 is 2.20 bits per heavy atom. The minimum Gasteiger partial charge on any atom is -0.0648 e. The first kappa shape index (κ1) is 6.69. The second-order valence-electron chi connectivity index (χ2n) is 4.55. The lowest BCUT2D eigenvalue weighted by Crippen LogP contribution is -2.21. The second-order valence-corrected chi connectivity index (χ2v) is 4.55. The normalized spacial score (nSPS) is 42.6. The van der Waals surface area contributed by atoms with Crippen molar-refractivity contribution in [2.75, 3.05) is 0 Å². The van der Waals surface area contributed by atoms with Crippen LogP contribution in [0, 0.1) is 10.8 Å². The van der Waals surface area contributed by atoms with E-state index in [1.165, 1.54) is 38.5 Å². The molecule has 10 heavy (non-hydrogen) atoms. The highest BCUT2D eigenvalue weighted by molar-refractivity contribution is 5.08. The molecule has 1 unspecified atom stereocenters. The van der Waals surface area contributed by atoms with Gasteiger partial charge in [-0.15, -0.1) is 0 Å². The fourth-order valence-electron chi connectivity index (χ4n) is 2.94. The maximum Gasteiger partial charge on any atom is -0.0243 e. The van der Waals surface area contributed by atoms with Gasteiger partial charge < -0.3 is 0 Å². The van der Waals surface area contributed by atoms with Crippen LogP contribution >= 0.6 is 0 Å². The summed E-state index contributed by atoms with van der Waals surface area (Å²) in [5, 5.41) is 0. The molecule has 0 heteroatoms. The van der Waals surface area contributed by atoms with Crippen LogP contribution in [0.25, 0.3) is 0 Å². The molecule has 0 bridgehead atoms. The van der Waals surface area contributed by atoms with Crippen LogP contribution in [0.2, 0.25) is 0 Å². The summed E-state index contributed by atoms with van der Waals surface area (Å²) in [7, 11) is 0. The number of hydrogen-bond acceptors (Lipinski definition) is 0. The molecule has 0 N–H and O–H groups in total. The monoisotopic (exact) mass is 138 g/mol. The molecule has 2 aliphatic carbocycles. The second kappa shape index (κ2) is 1.78. The zero-order chi connectivity index (χ0) is 7.24. The Morgan fingerprint density at radius 2 is 1.80 bits per heavy atom. The highest BCUT2D eigenvalue weighted by Gasteiger charge is 2.57. The van der Waals surface area contributed by atoms with Gasteiger partial charge in [0.15, 0.2) is 0 Å². The van der Waals surface area contributed by atoms with Gasteiger partial charge >= 0.3 is 0 Å². The molecule has 0 aromatic carbocycles. The molecule has 1 spiro atoms. The number of hydrogen-bond donors (Lipinski definition) is 0. The summed E-state index contributed by atoms with van der Waals surface area (Å²) in [6, 6.07) is 0. The Labute approximate surface area is 64.0 Å².